The highest BCUT2D eigenvalue weighted by molar-refractivity contribution is 5.96. The van der Waals surface area contributed by atoms with E-state index >= 15 is 0 Å². The first-order valence-electron chi connectivity index (χ1n) is 5.38. The summed E-state index contributed by atoms with van der Waals surface area (Å²) < 4.78 is 1.00. The Morgan fingerprint density at radius 3 is 2.79 bits per heavy atom. The molecule has 0 saturated carbocycles. The molecule has 1 aromatic heterocycles. The fourth-order valence-electron chi connectivity index (χ4n) is 1.53. The number of carbonyl (C=O) groups excluding carboxylic acids is 1. The molecule has 0 aliphatic carbocycles. The van der Waals surface area contributed by atoms with Crippen molar-refractivity contribution in [1.29, 1.82) is 0 Å². The summed E-state index contributed by atoms with van der Waals surface area (Å²) in [6, 6.07) is 8.11. The van der Waals surface area contributed by atoms with E-state index in [4.69, 9.17) is 0 Å². The van der Waals surface area contributed by atoms with E-state index in [1.54, 1.807) is 0 Å². The number of nitro groups is 1. The van der Waals surface area contributed by atoms with Crippen LogP contribution < -0.4 is 5.56 Å². The Kier molecular flexibility index (Phi) is 3.46. The number of benzene rings is 1. The van der Waals surface area contributed by atoms with Gasteiger partial charge in [0.2, 0.25) is 0 Å². The van der Waals surface area contributed by atoms with E-state index in [9.17, 15) is 19.7 Å². The van der Waals surface area contributed by atoms with Gasteiger partial charge in [0.25, 0.3) is 11.2 Å². The van der Waals surface area contributed by atoms with Gasteiger partial charge in [-0.2, -0.15) is 5.10 Å². The number of non-ortho nitro benzene ring substituents is 1. The third-order valence-corrected chi connectivity index (χ3v) is 2.46. The Labute approximate surface area is 107 Å². The molecule has 0 saturated heterocycles. The van der Waals surface area contributed by atoms with Gasteiger partial charge >= 0.3 is 0 Å². The van der Waals surface area contributed by atoms with Gasteiger partial charge in [0.1, 0.15) is 6.54 Å². The lowest BCUT2D eigenvalue weighted by molar-refractivity contribution is -0.384. The number of hydrogen-bond acceptors (Lipinski definition) is 5. The van der Waals surface area contributed by atoms with E-state index in [2.05, 4.69) is 5.10 Å². The summed E-state index contributed by atoms with van der Waals surface area (Å²) in [5.74, 6) is -0.412. The van der Waals surface area contributed by atoms with Crippen LogP contribution in [0.5, 0.6) is 0 Å². The van der Waals surface area contributed by atoms with Crippen molar-refractivity contribution in [2.45, 2.75) is 6.54 Å². The topological polar surface area (TPSA) is 95.1 Å². The zero-order valence-electron chi connectivity index (χ0n) is 9.72. The Hall–Kier alpha value is -2.83. The second-order valence-electron chi connectivity index (χ2n) is 3.75. The van der Waals surface area contributed by atoms with Gasteiger partial charge in [-0.15, -0.1) is 0 Å². The first kappa shape index (κ1) is 12.6. The SMILES string of the molecule is O=C(Cn1ncccc1=O)c1cccc([N+](=O)[O-])c1. The third kappa shape index (κ3) is 2.89. The molecular formula is C12H9N3O4. The number of rotatable bonds is 4. The van der Waals surface area contributed by atoms with Crippen LogP contribution in [0.1, 0.15) is 10.4 Å². The summed E-state index contributed by atoms with van der Waals surface area (Å²) in [6.07, 6.45) is 1.39. The van der Waals surface area contributed by atoms with Crippen molar-refractivity contribution in [3.05, 3.63) is 68.6 Å². The van der Waals surface area contributed by atoms with Crippen molar-refractivity contribution in [2.24, 2.45) is 0 Å². The number of carbonyl (C=O) groups is 1. The van der Waals surface area contributed by atoms with Gasteiger partial charge in [-0.3, -0.25) is 19.7 Å². The molecule has 7 heteroatoms. The molecule has 2 rings (SSSR count). The maximum Gasteiger partial charge on any atom is 0.270 e. The number of Topliss-reactive ketones (excluding diaryl/α,β-unsaturated/α-hetero) is 1. The monoisotopic (exact) mass is 259 g/mol. The molecule has 1 heterocycles. The normalized spacial score (nSPS) is 10.1. The van der Waals surface area contributed by atoms with Crippen LogP contribution in [0.25, 0.3) is 0 Å². The van der Waals surface area contributed by atoms with Crippen molar-refractivity contribution in [3.8, 4) is 0 Å². The number of nitro benzene ring substituents is 1. The number of ketones is 1. The quantitative estimate of drug-likeness (QED) is 0.464. The van der Waals surface area contributed by atoms with Crippen LogP contribution in [0.4, 0.5) is 5.69 Å². The van der Waals surface area contributed by atoms with E-state index in [1.807, 2.05) is 0 Å². The van der Waals surface area contributed by atoms with Gasteiger partial charge in [0.15, 0.2) is 5.78 Å². The van der Waals surface area contributed by atoms with E-state index in [0.717, 1.165) is 4.68 Å². The van der Waals surface area contributed by atoms with Crippen LogP contribution in [-0.2, 0) is 6.54 Å². The fourth-order valence-corrected chi connectivity index (χ4v) is 1.53. The van der Waals surface area contributed by atoms with E-state index < -0.39 is 16.3 Å². The Balaban J connectivity index is 2.26. The van der Waals surface area contributed by atoms with Crippen molar-refractivity contribution >= 4 is 11.5 Å². The zero-order chi connectivity index (χ0) is 13.8. The molecule has 0 amide bonds. The molecule has 0 N–H and O–H groups in total. The molecule has 0 bridgehead atoms. The largest absolute Gasteiger partial charge is 0.292 e. The minimum atomic E-state index is -0.580. The average Bonchev–Trinajstić information content (AvgIpc) is 2.41. The molecule has 1 aromatic carbocycles. The standard InChI is InChI=1S/C12H9N3O4/c16-11(8-14-12(17)5-2-6-13-14)9-3-1-4-10(7-9)15(18)19/h1-7H,8H2. The smallest absolute Gasteiger partial charge is 0.270 e. The van der Waals surface area contributed by atoms with Crippen molar-refractivity contribution in [2.75, 3.05) is 0 Å². The molecule has 0 spiro atoms. The molecule has 2 aromatic rings. The maximum atomic E-state index is 11.9. The van der Waals surface area contributed by atoms with Gasteiger partial charge in [0, 0.05) is 30.0 Å². The lowest BCUT2D eigenvalue weighted by Crippen LogP contribution is -2.25. The molecule has 0 unspecified atom stereocenters. The minimum absolute atomic E-state index is 0.167. The second-order valence-corrected chi connectivity index (χ2v) is 3.75. The Bertz CT molecular complexity index is 693. The second kappa shape index (κ2) is 5.21. The highest BCUT2D eigenvalue weighted by Crippen LogP contribution is 2.13. The van der Waals surface area contributed by atoms with E-state index in [0.29, 0.717) is 0 Å². The van der Waals surface area contributed by atoms with Crippen molar-refractivity contribution < 1.29 is 9.72 Å². The highest BCUT2D eigenvalue weighted by Gasteiger charge is 2.12. The molecule has 0 atom stereocenters. The van der Waals surface area contributed by atoms with Crippen LogP contribution in [-0.4, -0.2) is 20.5 Å². The molecule has 0 radical (unpaired) electrons. The number of nitrogens with zero attached hydrogens (tertiary/aromatic N) is 3. The summed E-state index contributed by atoms with van der Waals surface area (Å²) in [5, 5.41) is 14.4. The predicted octanol–water partition coefficient (Wildman–Crippen LogP) is 1.03. The summed E-state index contributed by atoms with van der Waals surface area (Å²) >= 11 is 0. The maximum absolute atomic E-state index is 11.9. The molecule has 0 aliphatic rings. The average molecular weight is 259 g/mol. The van der Waals surface area contributed by atoms with Gasteiger partial charge in [-0.25, -0.2) is 4.68 Å². The zero-order valence-corrected chi connectivity index (χ0v) is 9.72. The minimum Gasteiger partial charge on any atom is -0.292 e. The molecule has 0 fully saturated rings. The van der Waals surface area contributed by atoms with Crippen LogP contribution >= 0.6 is 0 Å². The molecule has 0 aliphatic heterocycles. The number of aromatic nitrogens is 2. The summed E-state index contributed by atoms with van der Waals surface area (Å²) in [6.45, 7) is -0.249. The van der Waals surface area contributed by atoms with Gasteiger partial charge in [-0.1, -0.05) is 12.1 Å². The van der Waals surface area contributed by atoms with Crippen molar-refractivity contribution in [3.63, 3.8) is 0 Å². The molecular weight excluding hydrogens is 250 g/mol. The van der Waals surface area contributed by atoms with Gasteiger partial charge in [-0.05, 0) is 6.07 Å². The summed E-state index contributed by atoms with van der Waals surface area (Å²) in [7, 11) is 0. The van der Waals surface area contributed by atoms with Gasteiger partial charge < -0.3 is 0 Å². The highest BCUT2D eigenvalue weighted by atomic mass is 16.6. The van der Waals surface area contributed by atoms with Crippen LogP contribution in [0, 0.1) is 10.1 Å². The third-order valence-electron chi connectivity index (χ3n) is 2.46. The molecule has 96 valence electrons. The van der Waals surface area contributed by atoms with Crippen molar-refractivity contribution in [1.82, 2.24) is 9.78 Å². The Morgan fingerprint density at radius 2 is 2.11 bits per heavy atom. The van der Waals surface area contributed by atoms with Gasteiger partial charge in [0.05, 0.1) is 4.92 Å². The first-order valence-corrected chi connectivity index (χ1v) is 5.38. The lowest BCUT2D eigenvalue weighted by atomic mass is 10.1. The summed E-state index contributed by atoms with van der Waals surface area (Å²) in [5.41, 5.74) is -0.396. The first-order chi connectivity index (χ1) is 9.08. The molecule has 19 heavy (non-hydrogen) atoms. The van der Waals surface area contributed by atoms with E-state index in [-0.39, 0.29) is 17.8 Å². The van der Waals surface area contributed by atoms with Crippen LogP contribution in [0.3, 0.4) is 0 Å². The molecule has 7 nitrogen and oxygen atoms in total. The number of hydrogen-bond donors (Lipinski definition) is 0. The van der Waals surface area contributed by atoms with Crippen LogP contribution in [0.15, 0.2) is 47.4 Å². The predicted molar refractivity (Wildman–Crippen MR) is 65.9 cm³/mol. The van der Waals surface area contributed by atoms with E-state index in [1.165, 1.54) is 42.6 Å². The van der Waals surface area contributed by atoms with Crippen LogP contribution in [0.2, 0.25) is 0 Å². The lowest BCUT2D eigenvalue weighted by Gasteiger charge is -2.03. The summed E-state index contributed by atoms with van der Waals surface area (Å²) in [4.78, 5) is 33.4. The fraction of sp³-hybridized carbons (Fsp3) is 0.0833. The Morgan fingerprint density at radius 1 is 1.32 bits per heavy atom.